The van der Waals surface area contributed by atoms with Crippen LogP contribution in [0.25, 0.3) is 11.4 Å². The van der Waals surface area contributed by atoms with Gasteiger partial charge < -0.3 is 5.32 Å². The van der Waals surface area contributed by atoms with Crippen LogP contribution in [0.3, 0.4) is 0 Å². The topological polar surface area (TPSA) is 37.8 Å². The van der Waals surface area contributed by atoms with E-state index in [1.54, 1.807) is 0 Å². The molecule has 19 heavy (non-hydrogen) atoms. The average Bonchev–Trinajstić information content (AvgIpc) is 2.45. The van der Waals surface area contributed by atoms with Crippen LogP contribution in [-0.2, 0) is 6.42 Å². The highest BCUT2D eigenvalue weighted by Gasteiger charge is 2.10. The van der Waals surface area contributed by atoms with Crippen molar-refractivity contribution in [1.82, 2.24) is 9.97 Å². The van der Waals surface area contributed by atoms with Gasteiger partial charge in [0.1, 0.15) is 5.82 Å². The van der Waals surface area contributed by atoms with Crippen LogP contribution in [0, 0.1) is 6.92 Å². The van der Waals surface area contributed by atoms with Gasteiger partial charge in [-0.25, -0.2) is 9.97 Å². The predicted molar refractivity (Wildman–Crippen MR) is 80.4 cm³/mol. The molecule has 0 aliphatic carbocycles. The van der Waals surface area contributed by atoms with Gasteiger partial charge >= 0.3 is 0 Å². The van der Waals surface area contributed by atoms with Gasteiger partial charge in [0, 0.05) is 23.4 Å². The lowest BCUT2D eigenvalue weighted by Gasteiger charge is -2.13. The highest BCUT2D eigenvalue weighted by atomic mass is 15.0. The van der Waals surface area contributed by atoms with Gasteiger partial charge in [-0.15, -0.1) is 0 Å². The highest BCUT2D eigenvalue weighted by Crippen LogP contribution is 2.22. The number of nitrogens with one attached hydrogen (secondary N) is 1. The first-order chi connectivity index (χ1) is 9.26. The lowest BCUT2D eigenvalue weighted by molar-refractivity contribution is 0.938. The molecule has 1 heterocycles. The Hall–Kier alpha value is -1.90. The summed E-state index contributed by atoms with van der Waals surface area (Å²) in [5.41, 5.74) is 3.34. The van der Waals surface area contributed by atoms with E-state index in [9.17, 15) is 0 Å². The van der Waals surface area contributed by atoms with E-state index in [-0.39, 0.29) is 0 Å². The van der Waals surface area contributed by atoms with Crippen molar-refractivity contribution in [3.63, 3.8) is 0 Å². The molecule has 0 radical (unpaired) electrons. The number of rotatable bonds is 5. The van der Waals surface area contributed by atoms with Crippen LogP contribution in [0.1, 0.15) is 31.5 Å². The summed E-state index contributed by atoms with van der Waals surface area (Å²) in [6.45, 7) is 7.30. The van der Waals surface area contributed by atoms with Crippen molar-refractivity contribution in [2.45, 2.75) is 33.6 Å². The van der Waals surface area contributed by atoms with Crippen LogP contribution < -0.4 is 5.32 Å². The lowest BCUT2D eigenvalue weighted by Crippen LogP contribution is -2.09. The molecule has 0 aliphatic heterocycles. The SMILES string of the molecule is CCCNc1nc(-c2ccccc2)nc(C)c1CC. The molecule has 3 nitrogen and oxygen atoms in total. The second kappa shape index (κ2) is 6.32. The molecule has 0 unspecified atom stereocenters. The van der Waals surface area contributed by atoms with Crippen LogP contribution >= 0.6 is 0 Å². The van der Waals surface area contributed by atoms with Crippen LogP contribution in [0.2, 0.25) is 0 Å². The van der Waals surface area contributed by atoms with Crippen molar-refractivity contribution >= 4 is 5.82 Å². The fraction of sp³-hybridized carbons (Fsp3) is 0.375. The van der Waals surface area contributed by atoms with Gasteiger partial charge in [-0.05, 0) is 19.8 Å². The van der Waals surface area contributed by atoms with Crippen molar-refractivity contribution in [3.8, 4) is 11.4 Å². The van der Waals surface area contributed by atoms with E-state index in [1.165, 1.54) is 5.56 Å². The average molecular weight is 255 g/mol. The minimum atomic E-state index is 0.800. The fourth-order valence-corrected chi connectivity index (χ4v) is 2.13. The molecule has 1 aromatic carbocycles. The summed E-state index contributed by atoms with van der Waals surface area (Å²) >= 11 is 0. The van der Waals surface area contributed by atoms with Crippen molar-refractivity contribution in [2.75, 3.05) is 11.9 Å². The maximum absolute atomic E-state index is 4.69. The van der Waals surface area contributed by atoms with Gasteiger partial charge in [0.25, 0.3) is 0 Å². The van der Waals surface area contributed by atoms with Crippen molar-refractivity contribution in [1.29, 1.82) is 0 Å². The van der Waals surface area contributed by atoms with Crippen LogP contribution in [0.5, 0.6) is 0 Å². The Balaban J connectivity index is 2.44. The molecular weight excluding hydrogens is 234 g/mol. The van der Waals surface area contributed by atoms with Crippen LogP contribution in [0.4, 0.5) is 5.82 Å². The van der Waals surface area contributed by atoms with Gasteiger partial charge in [0.05, 0.1) is 0 Å². The molecule has 0 spiro atoms. The van der Waals surface area contributed by atoms with Crippen LogP contribution in [0.15, 0.2) is 30.3 Å². The third kappa shape index (κ3) is 3.11. The quantitative estimate of drug-likeness (QED) is 0.882. The molecule has 3 heteroatoms. The standard InChI is InChI=1S/C16H21N3/c1-4-11-17-16-14(5-2)12(3)18-15(19-16)13-9-7-6-8-10-13/h6-10H,4-5,11H2,1-3H3,(H,17,18,19). The second-order valence-corrected chi connectivity index (χ2v) is 4.61. The van der Waals surface area contributed by atoms with Gasteiger partial charge in [-0.3, -0.25) is 0 Å². The third-order valence-electron chi connectivity index (χ3n) is 3.14. The van der Waals surface area contributed by atoms with E-state index in [2.05, 4.69) is 36.1 Å². The first-order valence-electron chi connectivity index (χ1n) is 6.93. The molecule has 2 rings (SSSR count). The summed E-state index contributed by atoms with van der Waals surface area (Å²) in [4.78, 5) is 9.32. The zero-order chi connectivity index (χ0) is 13.7. The third-order valence-corrected chi connectivity index (χ3v) is 3.14. The number of hydrogen-bond donors (Lipinski definition) is 1. The molecule has 0 saturated heterocycles. The van der Waals surface area contributed by atoms with Gasteiger partial charge in [0.2, 0.25) is 0 Å². The summed E-state index contributed by atoms with van der Waals surface area (Å²) in [6, 6.07) is 10.1. The molecule has 0 fully saturated rings. The minimum Gasteiger partial charge on any atom is -0.370 e. The predicted octanol–water partition coefficient (Wildman–Crippen LogP) is 3.84. The van der Waals surface area contributed by atoms with Crippen molar-refractivity contribution < 1.29 is 0 Å². The highest BCUT2D eigenvalue weighted by molar-refractivity contribution is 5.59. The largest absolute Gasteiger partial charge is 0.370 e. The number of anilines is 1. The number of aromatic nitrogens is 2. The fourth-order valence-electron chi connectivity index (χ4n) is 2.13. The smallest absolute Gasteiger partial charge is 0.161 e. The Bertz CT molecular complexity index is 535. The molecule has 2 aromatic rings. The molecule has 0 saturated carbocycles. The summed E-state index contributed by atoms with van der Waals surface area (Å²) in [6.07, 6.45) is 2.04. The maximum Gasteiger partial charge on any atom is 0.161 e. The first kappa shape index (κ1) is 13.5. The van der Waals surface area contributed by atoms with Crippen molar-refractivity contribution in [3.05, 3.63) is 41.6 Å². The Kier molecular flexibility index (Phi) is 4.50. The second-order valence-electron chi connectivity index (χ2n) is 4.61. The lowest BCUT2D eigenvalue weighted by atomic mass is 10.1. The summed E-state index contributed by atoms with van der Waals surface area (Å²) < 4.78 is 0. The van der Waals surface area contributed by atoms with E-state index in [4.69, 9.17) is 0 Å². The molecule has 1 aromatic heterocycles. The van der Waals surface area contributed by atoms with Gasteiger partial charge in [0.15, 0.2) is 5.82 Å². The van der Waals surface area contributed by atoms with Gasteiger partial charge in [-0.1, -0.05) is 44.2 Å². The van der Waals surface area contributed by atoms with E-state index in [0.29, 0.717) is 0 Å². The van der Waals surface area contributed by atoms with E-state index >= 15 is 0 Å². The molecule has 0 amide bonds. The van der Waals surface area contributed by atoms with E-state index < -0.39 is 0 Å². The molecule has 0 bridgehead atoms. The summed E-state index contributed by atoms with van der Waals surface area (Å²) in [7, 11) is 0. The minimum absolute atomic E-state index is 0.800. The zero-order valence-electron chi connectivity index (χ0n) is 11.9. The van der Waals surface area contributed by atoms with Gasteiger partial charge in [-0.2, -0.15) is 0 Å². The zero-order valence-corrected chi connectivity index (χ0v) is 11.9. The monoisotopic (exact) mass is 255 g/mol. The first-order valence-corrected chi connectivity index (χ1v) is 6.93. The number of hydrogen-bond acceptors (Lipinski definition) is 3. The maximum atomic E-state index is 4.69. The van der Waals surface area contributed by atoms with E-state index in [0.717, 1.165) is 42.3 Å². The number of nitrogens with zero attached hydrogens (tertiary/aromatic N) is 2. The molecule has 0 atom stereocenters. The number of benzene rings is 1. The van der Waals surface area contributed by atoms with E-state index in [1.807, 2.05) is 30.3 Å². The molecule has 100 valence electrons. The normalized spacial score (nSPS) is 10.5. The van der Waals surface area contributed by atoms with Crippen molar-refractivity contribution in [2.24, 2.45) is 0 Å². The molecule has 1 N–H and O–H groups in total. The Morgan fingerprint density at radius 2 is 1.79 bits per heavy atom. The number of aryl methyl sites for hydroxylation is 1. The molecular formula is C16H21N3. The Labute approximate surface area is 115 Å². The summed E-state index contributed by atoms with van der Waals surface area (Å²) in [5, 5.41) is 3.41. The Morgan fingerprint density at radius 1 is 1.05 bits per heavy atom. The summed E-state index contributed by atoms with van der Waals surface area (Å²) in [5.74, 6) is 1.78. The molecule has 0 aliphatic rings. The van der Waals surface area contributed by atoms with Crippen LogP contribution in [-0.4, -0.2) is 16.5 Å². The Morgan fingerprint density at radius 3 is 2.42 bits per heavy atom.